The van der Waals surface area contributed by atoms with Crippen LogP contribution in [0.1, 0.15) is 33.4 Å². The average Bonchev–Trinajstić information content (AvgIpc) is 2.82. The maximum absolute atomic E-state index is 11.2. The molecule has 0 saturated carbocycles. The van der Waals surface area contributed by atoms with Crippen molar-refractivity contribution in [3.63, 3.8) is 0 Å². The highest BCUT2D eigenvalue weighted by Crippen LogP contribution is 2.32. The second-order valence-corrected chi connectivity index (χ2v) is 5.76. The van der Waals surface area contributed by atoms with Crippen LogP contribution in [0.15, 0.2) is 18.2 Å². The van der Waals surface area contributed by atoms with Crippen molar-refractivity contribution < 1.29 is 9.90 Å². The number of nitrogens with zero attached hydrogens (tertiary/aromatic N) is 2. The molecule has 0 radical (unpaired) electrons. The molecule has 2 rings (SSSR count). The van der Waals surface area contributed by atoms with Gasteiger partial charge in [0.25, 0.3) is 0 Å². The Balaban J connectivity index is 2.43. The van der Waals surface area contributed by atoms with Gasteiger partial charge in [-0.1, -0.05) is 36.0 Å². The summed E-state index contributed by atoms with van der Waals surface area (Å²) in [4.78, 5) is 18.0. The van der Waals surface area contributed by atoms with Crippen molar-refractivity contribution >= 4 is 28.1 Å². The van der Waals surface area contributed by atoms with Gasteiger partial charge < -0.3 is 10.0 Å². The van der Waals surface area contributed by atoms with Crippen LogP contribution < -0.4 is 4.90 Å². The van der Waals surface area contributed by atoms with E-state index in [2.05, 4.69) is 18.0 Å². The van der Waals surface area contributed by atoms with Gasteiger partial charge in [-0.05, 0) is 31.9 Å². The number of rotatable bonds is 4. The number of carboxylic acid groups (broad SMARTS) is 1. The number of carboxylic acids is 1. The number of aryl methyl sites for hydroxylation is 3. The van der Waals surface area contributed by atoms with Gasteiger partial charge in [-0.15, -0.1) is 0 Å². The molecule has 0 spiro atoms. The molecule has 0 saturated heterocycles. The molecular weight excluding hydrogens is 272 g/mol. The normalized spacial score (nSPS) is 10.6. The fourth-order valence-corrected chi connectivity index (χ4v) is 3.14. The zero-order valence-corrected chi connectivity index (χ0v) is 12.9. The summed E-state index contributed by atoms with van der Waals surface area (Å²) in [6.45, 7) is 6.02. The second kappa shape index (κ2) is 5.63. The van der Waals surface area contributed by atoms with Gasteiger partial charge in [0.2, 0.25) is 0 Å². The highest BCUT2D eigenvalue weighted by atomic mass is 32.1. The van der Waals surface area contributed by atoms with Gasteiger partial charge in [0.1, 0.15) is 4.88 Å². The topological polar surface area (TPSA) is 53.4 Å². The van der Waals surface area contributed by atoms with E-state index in [9.17, 15) is 9.90 Å². The van der Waals surface area contributed by atoms with Crippen LogP contribution in [-0.2, 0) is 6.42 Å². The summed E-state index contributed by atoms with van der Waals surface area (Å²) in [6.07, 6.45) is 0.624. The third-order valence-corrected chi connectivity index (χ3v) is 4.38. The van der Waals surface area contributed by atoms with Gasteiger partial charge in [-0.3, -0.25) is 0 Å². The first-order valence-electron chi connectivity index (χ1n) is 6.48. The number of aromatic nitrogens is 1. The molecular formula is C15H18N2O2S. The van der Waals surface area contributed by atoms with Crippen LogP contribution in [0.5, 0.6) is 0 Å². The Labute approximate surface area is 122 Å². The minimum Gasteiger partial charge on any atom is -0.477 e. The third kappa shape index (κ3) is 2.67. The fraction of sp³-hybridized carbons (Fsp3) is 0.333. The average molecular weight is 290 g/mol. The molecule has 2 aromatic rings. The lowest BCUT2D eigenvalue weighted by Crippen LogP contribution is -2.10. The summed E-state index contributed by atoms with van der Waals surface area (Å²) in [5.41, 5.74) is 4.05. The minimum atomic E-state index is -0.903. The maximum atomic E-state index is 11.2. The molecule has 1 aromatic heterocycles. The van der Waals surface area contributed by atoms with E-state index in [0.29, 0.717) is 22.1 Å². The number of benzene rings is 1. The quantitative estimate of drug-likeness (QED) is 0.930. The lowest BCUT2D eigenvalue weighted by Gasteiger charge is -2.18. The summed E-state index contributed by atoms with van der Waals surface area (Å²) in [6, 6.07) is 6.20. The van der Waals surface area contributed by atoms with Gasteiger partial charge in [0.05, 0.1) is 5.69 Å². The van der Waals surface area contributed by atoms with Gasteiger partial charge in [0, 0.05) is 12.7 Å². The highest BCUT2D eigenvalue weighted by molar-refractivity contribution is 7.17. The number of hydrogen-bond donors (Lipinski definition) is 1. The van der Waals surface area contributed by atoms with Gasteiger partial charge in [-0.2, -0.15) is 0 Å². The summed E-state index contributed by atoms with van der Waals surface area (Å²) in [5, 5.41) is 9.92. The van der Waals surface area contributed by atoms with E-state index in [-0.39, 0.29) is 0 Å². The molecule has 4 nitrogen and oxygen atoms in total. The zero-order valence-electron chi connectivity index (χ0n) is 12.1. The van der Waals surface area contributed by atoms with E-state index in [1.807, 2.05) is 37.9 Å². The van der Waals surface area contributed by atoms with Crippen LogP contribution in [-0.4, -0.2) is 23.1 Å². The van der Waals surface area contributed by atoms with Crippen molar-refractivity contribution in [1.82, 2.24) is 4.98 Å². The van der Waals surface area contributed by atoms with Crippen LogP contribution >= 0.6 is 11.3 Å². The maximum Gasteiger partial charge on any atom is 0.347 e. The molecule has 0 aliphatic carbocycles. The largest absolute Gasteiger partial charge is 0.477 e. The lowest BCUT2D eigenvalue weighted by molar-refractivity contribution is 0.0701. The van der Waals surface area contributed by atoms with Crippen molar-refractivity contribution in [2.24, 2.45) is 0 Å². The van der Waals surface area contributed by atoms with E-state index in [1.54, 1.807) is 0 Å². The van der Waals surface area contributed by atoms with Crippen LogP contribution in [0.2, 0.25) is 0 Å². The summed E-state index contributed by atoms with van der Waals surface area (Å²) in [5.74, 6) is -0.903. The van der Waals surface area contributed by atoms with Gasteiger partial charge in [-0.25, -0.2) is 9.78 Å². The molecule has 1 aromatic carbocycles. The standard InChI is InChI=1S/C15H18N2O2S/c1-5-11-13(14(18)19)20-15(16-11)17(4)12-7-6-9(2)8-10(12)3/h6-8H,5H2,1-4H3,(H,18,19). The SMILES string of the molecule is CCc1nc(N(C)c2ccc(C)cc2C)sc1C(=O)O. The lowest BCUT2D eigenvalue weighted by atomic mass is 10.1. The molecule has 0 fully saturated rings. The molecule has 0 unspecified atom stereocenters. The smallest absolute Gasteiger partial charge is 0.347 e. The highest BCUT2D eigenvalue weighted by Gasteiger charge is 2.19. The van der Waals surface area contributed by atoms with E-state index in [4.69, 9.17) is 0 Å². The molecule has 0 bridgehead atoms. The number of thiazole rings is 1. The van der Waals surface area contributed by atoms with Gasteiger partial charge in [0.15, 0.2) is 5.13 Å². The number of carbonyl (C=O) groups is 1. The van der Waals surface area contributed by atoms with Crippen LogP contribution in [0.4, 0.5) is 10.8 Å². The Morgan fingerprint density at radius 3 is 2.60 bits per heavy atom. The van der Waals surface area contributed by atoms with Gasteiger partial charge >= 0.3 is 5.97 Å². The van der Waals surface area contributed by atoms with Crippen molar-refractivity contribution in [1.29, 1.82) is 0 Å². The Kier molecular flexibility index (Phi) is 4.09. The number of aromatic carboxylic acids is 1. The monoisotopic (exact) mass is 290 g/mol. The third-order valence-electron chi connectivity index (χ3n) is 3.22. The van der Waals surface area contributed by atoms with E-state index < -0.39 is 5.97 Å². The summed E-state index contributed by atoms with van der Waals surface area (Å²) >= 11 is 1.22. The van der Waals surface area contributed by atoms with E-state index in [0.717, 1.165) is 11.3 Å². The summed E-state index contributed by atoms with van der Waals surface area (Å²) < 4.78 is 0. The molecule has 106 valence electrons. The van der Waals surface area contributed by atoms with E-state index in [1.165, 1.54) is 16.9 Å². The molecule has 5 heteroatoms. The zero-order chi connectivity index (χ0) is 14.9. The Bertz CT molecular complexity index is 649. The van der Waals surface area contributed by atoms with Crippen LogP contribution in [0, 0.1) is 13.8 Å². The molecule has 20 heavy (non-hydrogen) atoms. The first kappa shape index (κ1) is 14.5. The molecule has 0 aliphatic rings. The second-order valence-electron chi connectivity index (χ2n) is 4.78. The molecule has 1 N–H and O–H groups in total. The van der Waals surface area contributed by atoms with Crippen LogP contribution in [0.25, 0.3) is 0 Å². The first-order valence-corrected chi connectivity index (χ1v) is 7.29. The Hall–Kier alpha value is -1.88. The van der Waals surface area contributed by atoms with Crippen molar-refractivity contribution in [2.75, 3.05) is 11.9 Å². The Morgan fingerprint density at radius 1 is 1.40 bits per heavy atom. The Morgan fingerprint density at radius 2 is 2.10 bits per heavy atom. The van der Waals surface area contributed by atoms with E-state index >= 15 is 0 Å². The first-order chi connectivity index (χ1) is 9.43. The fourth-order valence-electron chi connectivity index (χ4n) is 2.17. The molecule has 0 aliphatic heterocycles. The summed E-state index contributed by atoms with van der Waals surface area (Å²) in [7, 11) is 1.92. The van der Waals surface area contributed by atoms with Crippen molar-refractivity contribution in [3.8, 4) is 0 Å². The van der Waals surface area contributed by atoms with Crippen molar-refractivity contribution in [3.05, 3.63) is 39.9 Å². The molecule has 0 atom stereocenters. The number of anilines is 2. The molecule has 0 amide bonds. The minimum absolute atomic E-state index is 0.333. The molecule has 1 heterocycles. The number of hydrogen-bond acceptors (Lipinski definition) is 4. The van der Waals surface area contributed by atoms with Crippen molar-refractivity contribution in [2.45, 2.75) is 27.2 Å². The predicted molar refractivity (Wildman–Crippen MR) is 82.4 cm³/mol. The van der Waals surface area contributed by atoms with Crippen LogP contribution in [0.3, 0.4) is 0 Å². The predicted octanol–water partition coefficient (Wildman–Crippen LogP) is 3.79.